The van der Waals surface area contributed by atoms with Crippen LogP contribution in [0.5, 0.6) is 0 Å². The third kappa shape index (κ3) is 6.51. The second kappa shape index (κ2) is 8.38. The molecule has 1 rings (SSSR count). The van der Waals surface area contributed by atoms with Gasteiger partial charge in [-0.05, 0) is 38.9 Å². The largest absolute Gasteiger partial charge is 0.379 e. The molecule has 0 spiro atoms. The fraction of sp³-hybridized carbons (Fsp3) is 0.889. The minimum absolute atomic E-state index is 0. The van der Waals surface area contributed by atoms with E-state index in [2.05, 4.69) is 4.90 Å². The summed E-state index contributed by atoms with van der Waals surface area (Å²) in [6.45, 7) is 3.72. The number of thioether (sulfide) groups is 1. The van der Waals surface area contributed by atoms with E-state index in [1.54, 1.807) is 0 Å². The van der Waals surface area contributed by atoms with E-state index >= 15 is 0 Å². The number of nitrogens with one attached hydrogen (secondary N) is 1. The van der Waals surface area contributed by atoms with Crippen LogP contribution in [-0.4, -0.2) is 35.5 Å². The Bertz CT molecular complexity index is 160. The van der Waals surface area contributed by atoms with Gasteiger partial charge in [0, 0.05) is 5.75 Å². The zero-order valence-electron chi connectivity index (χ0n) is 8.50. The van der Waals surface area contributed by atoms with E-state index in [9.17, 15) is 0 Å². The van der Waals surface area contributed by atoms with Crippen LogP contribution in [0.3, 0.4) is 0 Å². The molecule has 14 heavy (non-hydrogen) atoms. The lowest BCUT2D eigenvalue weighted by Crippen LogP contribution is -2.30. The van der Waals surface area contributed by atoms with Crippen LogP contribution in [0.1, 0.15) is 25.7 Å². The van der Waals surface area contributed by atoms with Gasteiger partial charge >= 0.3 is 0 Å². The second-order valence-corrected chi connectivity index (χ2v) is 4.61. The number of nitrogens with two attached hydrogens (primary N) is 1. The van der Waals surface area contributed by atoms with Gasteiger partial charge in [0.25, 0.3) is 0 Å². The molecule has 5 heteroatoms. The maximum atomic E-state index is 7.04. The van der Waals surface area contributed by atoms with Gasteiger partial charge in [-0.3, -0.25) is 5.41 Å². The highest BCUT2D eigenvalue weighted by Crippen LogP contribution is 2.10. The fourth-order valence-electron chi connectivity index (χ4n) is 1.65. The molecule has 0 bridgehead atoms. The van der Waals surface area contributed by atoms with Gasteiger partial charge < -0.3 is 10.6 Å². The van der Waals surface area contributed by atoms with Gasteiger partial charge in [0.2, 0.25) is 0 Å². The molecule has 0 saturated carbocycles. The van der Waals surface area contributed by atoms with Gasteiger partial charge in [0.1, 0.15) is 0 Å². The number of rotatable bonds is 4. The van der Waals surface area contributed by atoms with E-state index in [-0.39, 0.29) is 17.6 Å². The predicted octanol–water partition coefficient (Wildman–Crippen LogP) is 1.91. The van der Waals surface area contributed by atoms with Gasteiger partial charge in [0.15, 0.2) is 5.17 Å². The average Bonchev–Trinajstić information content (AvgIpc) is 2.14. The molecule has 1 aliphatic heterocycles. The van der Waals surface area contributed by atoms with Gasteiger partial charge in [-0.2, -0.15) is 0 Å². The van der Waals surface area contributed by atoms with Crippen molar-refractivity contribution in [2.45, 2.75) is 25.7 Å². The van der Waals surface area contributed by atoms with Crippen LogP contribution in [0.4, 0.5) is 0 Å². The molecule has 0 radical (unpaired) electrons. The maximum absolute atomic E-state index is 7.04. The van der Waals surface area contributed by atoms with Crippen molar-refractivity contribution in [3.8, 4) is 0 Å². The molecule has 3 nitrogen and oxygen atoms in total. The van der Waals surface area contributed by atoms with E-state index in [1.165, 1.54) is 50.7 Å². The van der Waals surface area contributed by atoms with Crippen LogP contribution in [0, 0.1) is 5.41 Å². The number of piperidine rings is 1. The standard InChI is InChI=1S/C9H19N3S.ClH/c10-9(11)13-8-4-7-12-5-2-1-3-6-12;/h1-8H2,(H3,10,11);1H. The SMILES string of the molecule is Cl.N=C(N)SCCCN1CCCCC1. The van der Waals surface area contributed by atoms with E-state index < -0.39 is 0 Å². The van der Waals surface area contributed by atoms with Gasteiger partial charge in [-0.15, -0.1) is 12.4 Å². The van der Waals surface area contributed by atoms with Crippen molar-refractivity contribution < 1.29 is 0 Å². The third-order valence-electron chi connectivity index (χ3n) is 2.32. The summed E-state index contributed by atoms with van der Waals surface area (Å²) in [5, 5.41) is 7.29. The highest BCUT2D eigenvalue weighted by Gasteiger charge is 2.08. The summed E-state index contributed by atoms with van der Waals surface area (Å²) in [5.41, 5.74) is 5.24. The predicted molar refractivity (Wildman–Crippen MR) is 66.5 cm³/mol. The zero-order valence-corrected chi connectivity index (χ0v) is 10.1. The molecule has 84 valence electrons. The summed E-state index contributed by atoms with van der Waals surface area (Å²) in [7, 11) is 0. The Kier molecular flexibility index (Phi) is 8.43. The Labute approximate surface area is 96.7 Å². The highest BCUT2D eigenvalue weighted by atomic mass is 35.5. The zero-order chi connectivity index (χ0) is 9.52. The van der Waals surface area contributed by atoms with Crippen molar-refractivity contribution in [2.24, 2.45) is 5.73 Å². The molecule has 3 N–H and O–H groups in total. The molecular weight excluding hydrogens is 218 g/mol. The number of hydrogen-bond acceptors (Lipinski definition) is 3. The normalized spacial score (nSPS) is 17.4. The van der Waals surface area contributed by atoms with Crippen LogP contribution in [0.25, 0.3) is 0 Å². The van der Waals surface area contributed by atoms with Crippen LogP contribution in [0.2, 0.25) is 0 Å². The van der Waals surface area contributed by atoms with Crippen molar-refractivity contribution in [2.75, 3.05) is 25.4 Å². The molecule has 0 amide bonds. The maximum Gasteiger partial charge on any atom is 0.151 e. The van der Waals surface area contributed by atoms with E-state index in [4.69, 9.17) is 11.1 Å². The molecule has 0 aromatic rings. The summed E-state index contributed by atoms with van der Waals surface area (Å²) < 4.78 is 0. The molecule has 0 aliphatic carbocycles. The van der Waals surface area contributed by atoms with E-state index in [0.29, 0.717) is 0 Å². The Morgan fingerprint density at radius 2 is 1.93 bits per heavy atom. The summed E-state index contributed by atoms with van der Waals surface area (Å²) in [6, 6.07) is 0. The molecule has 0 atom stereocenters. The first kappa shape index (κ1) is 14.1. The van der Waals surface area contributed by atoms with Crippen LogP contribution in [0.15, 0.2) is 0 Å². The topological polar surface area (TPSA) is 53.1 Å². The van der Waals surface area contributed by atoms with Crippen molar-refractivity contribution in [1.82, 2.24) is 4.90 Å². The molecule has 1 saturated heterocycles. The van der Waals surface area contributed by atoms with E-state index in [1.807, 2.05) is 0 Å². The smallest absolute Gasteiger partial charge is 0.151 e. The first-order valence-corrected chi connectivity index (χ1v) is 5.97. The summed E-state index contributed by atoms with van der Waals surface area (Å²) in [4.78, 5) is 2.52. The summed E-state index contributed by atoms with van der Waals surface area (Å²) in [6.07, 6.45) is 5.28. The second-order valence-electron chi connectivity index (χ2n) is 3.47. The van der Waals surface area contributed by atoms with Crippen LogP contribution in [-0.2, 0) is 0 Å². The third-order valence-corrected chi connectivity index (χ3v) is 3.13. The number of likely N-dealkylation sites (tertiary alicyclic amines) is 1. The average molecular weight is 238 g/mol. The molecule has 1 aliphatic rings. The van der Waals surface area contributed by atoms with Crippen LogP contribution >= 0.6 is 24.2 Å². The molecule has 0 aromatic heterocycles. The number of nitrogens with zero attached hydrogens (tertiary/aromatic N) is 1. The van der Waals surface area contributed by atoms with Crippen LogP contribution < -0.4 is 5.73 Å². The number of amidine groups is 1. The molecule has 0 aromatic carbocycles. The molecular formula is C9H20ClN3S. The number of halogens is 1. The lowest BCUT2D eigenvalue weighted by molar-refractivity contribution is 0.230. The van der Waals surface area contributed by atoms with Gasteiger partial charge in [0.05, 0.1) is 0 Å². The fourth-order valence-corrected chi connectivity index (χ4v) is 2.15. The Hall–Kier alpha value is 0.0700. The quantitative estimate of drug-likeness (QED) is 0.446. The van der Waals surface area contributed by atoms with Crippen molar-refractivity contribution in [1.29, 1.82) is 5.41 Å². The van der Waals surface area contributed by atoms with Gasteiger partial charge in [-0.1, -0.05) is 18.2 Å². The Morgan fingerprint density at radius 1 is 1.29 bits per heavy atom. The Balaban J connectivity index is 0.00000169. The Morgan fingerprint density at radius 3 is 2.50 bits per heavy atom. The lowest BCUT2D eigenvalue weighted by atomic mass is 10.1. The van der Waals surface area contributed by atoms with Crippen molar-refractivity contribution in [3.63, 3.8) is 0 Å². The lowest BCUT2D eigenvalue weighted by Gasteiger charge is -2.26. The van der Waals surface area contributed by atoms with Crippen molar-refractivity contribution in [3.05, 3.63) is 0 Å². The first-order valence-electron chi connectivity index (χ1n) is 4.98. The minimum Gasteiger partial charge on any atom is -0.379 e. The first-order chi connectivity index (χ1) is 6.29. The minimum atomic E-state index is 0. The molecule has 1 fully saturated rings. The summed E-state index contributed by atoms with van der Waals surface area (Å²) in [5.74, 6) is 0.992. The summed E-state index contributed by atoms with van der Waals surface area (Å²) >= 11 is 1.45. The molecule has 0 unspecified atom stereocenters. The van der Waals surface area contributed by atoms with Gasteiger partial charge in [-0.25, -0.2) is 0 Å². The molecule has 1 heterocycles. The number of hydrogen-bond donors (Lipinski definition) is 2. The highest BCUT2D eigenvalue weighted by molar-refractivity contribution is 8.13. The van der Waals surface area contributed by atoms with E-state index in [0.717, 1.165) is 12.2 Å². The van der Waals surface area contributed by atoms with Crippen molar-refractivity contribution >= 4 is 29.3 Å². The monoisotopic (exact) mass is 237 g/mol.